The molecule has 4 N–H and O–H groups in total. The molecule has 1 aromatic rings. The molecule has 2 atom stereocenters. The Morgan fingerprint density at radius 3 is 2.33 bits per heavy atom. The van der Waals surface area contributed by atoms with Crippen molar-refractivity contribution >= 4 is 18.3 Å². The average Bonchev–Trinajstić information content (AvgIpc) is 2.35. The van der Waals surface area contributed by atoms with Crippen LogP contribution in [0.5, 0.6) is 0 Å². The maximum absolute atomic E-state index is 11.8. The van der Waals surface area contributed by atoms with Gasteiger partial charge in [0, 0.05) is 0 Å². The molecule has 102 valence electrons. The Morgan fingerprint density at radius 1 is 1.33 bits per heavy atom. The fourth-order valence-electron chi connectivity index (χ4n) is 1.49. The van der Waals surface area contributed by atoms with Gasteiger partial charge >= 0.3 is 0 Å². The molecule has 0 saturated heterocycles. The SMILES string of the molecule is CC(C)[C@@H](N)C(=O)N[C@H](CO)c1ccccc1.Cl. The van der Waals surface area contributed by atoms with Crippen LogP contribution in [0.25, 0.3) is 0 Å². The number of carbonyl (C=O) groups excluding carboxylic acids is 1. The number of nitrogens with two attached hydrogens (primary N) is 1. The lowest BCUT2D eigenvalue weighted by Gasteiger charge is -2.21. The number of aliphatic hydroxyl groups is 1. The van der Waals surface area contributed by atoms with Crippen molar-refractivity contribution in [3.63, 3.8) is 0 Å². The van der Waals surface area contributed by atoms with Crippen molar-refractivity contribution in [3.05, 3.63) is 35.9 Å². The molecule has 1 aromatic carbocycles. The molecule has 0 aromatic heterocycles. The maximum atomic E-state index is 11.8. The average molecular weight is 273 g/mol. The van der Waals surface area contributed by atoms with Gasteiger partial charge in [0.05, 0.1) is 18.7 Å². The molecular formula is C13H21ClN2O2. The first-order valence-electron chi connectivity index (χ1n) is 5.78. The molecule has 0 aliphatic heterocycles. The van der Waals surface area contributed by atoms with Crippen molar-refractivity contribution in [1.29, 1.82) is 0 Å². The Morgan fingerprint density at radius 2 is 1.89 bits per heavy atom. The summed E-state index contributed by atoms with van der Waals surface area (Å²) in [7, 11) is 0. The first kappa shape index (κ1) is 16.9. The van der Waals surface area contributed by atoms with Gasteiger partial charge in [0.2, 0.25) is 5.91 Å². The highest BCUT2D eigenvalue weighted by atomic mass is 35.5. The van der Waals surface area contributed by atoms with E-state index in [9.17, 15) is 9.90 Å². The standard InChI is InChI=1S/C13H20N2O2.ClH/c1-9(2)12(14)13(17)15-11(8-16)10-6-4-3-5-7-10;/h3-7,9,11-12,16H,8,14H2,1-2H3,(H,15,17);1H/t11-,12-;/m1./s1. The Labute approximate surface area is 114 Å². The van der Waals surface area contributed by atoms with Crippen LogP contribution in [0.4, 0.5) is 0 Å². The molecule has 0 aliphatic carbocycles. The summed E-state index contributed by atoms with van der Waals surface area (Å²) in [4.78, 5) is 11.8. The summed E-state index contributed by atoms with van der Waals surface area (Å²) < 4.78 is 0. The molecule has 0 radical (unpaired) electrons. The molecule has 4 nitrogen and oxygen atoms in total. The number of hydrogen-bond donors (Lipinski definition) is 3. The minimum atomic E-state index is -0.548. The van der Waals surface area contributed by atoms with E-state index in [4.69, 9.17) is 5.73 Å². The van der Waals surface area contributed by atoms with Gasteiger partial charge in [-0.2, -0.15) is 0 Å². The van der Waals surface area contributed by atoms with Gasteiger partial charge in [0.25, 0.3) is 0 Å². The van der Waals surface area contributed by atoms with Crippen LogP contribution in [0, 0.1) is 5.92 Å². The fraction of sp³-hybridized carbons (Fsp3) is 0.462. The van der Waals surface area contributed by atoms with E-state index >= 15 is 0 Å². The summed E-state index contributed by atoms with van der Waals surface area (Å²) in [5.41, 5.74) is 6.62. The molecule has 0 bridgehead atoms. The summed E-state index contributed by atoms with van der Waals surface area (Å²) in [6, 6.07) is 8.41. The van der Waals surface area contributed by atoms with Crippen molar-refractivity contribution in [1.82, 2.24) is 5.32 Å². The lowest BCUT2D eigenvalue weighted by atomic mass is 10.0. The van der Waals surface area contributed by atoms with Gasteiger partial charge in [0.15, 0.2) is 0 Å². The van der Waals surface area contributed by atoms with Crippen molar-refractivity contribution in [2.24, 2.45) is 11.7 Å². The molecule has 0 heterocycles. The van der Waals surface area contributed by atoms with E-state index in [1.54, 1.807) is 0 Å². The quantitative estimate of drug-likeness (QED) is 0.755. The van der Waals surface area contributed by atoms with Crippen LogP contribution in [-0.2, 0) is 4.79 Å². The molecule has 0 fully saturated rings. The van der Waals surface area contributed by atoms with Crippen molar-refractivity contribution in [2.45, 2.75) is 25.9 Å². The van der Waals surface area contributed by atoms with Crippen molar-refractivity contribution in [2.75, 3.05) is 6.61 Å². The fourth-order valence-corrected chi connectivity index (χ4v) is 1.49. The Balaban J connectivity index is 0.00000289. The van der Waals surface area contributed by atoms with Crippen LogP contribution < -0.4 is 11.1 Å². The normalized spacial score (nSPS) is 13.6. The molecule has 1 amide bonds. The smallest absolute Gasteiger partial charge is 0.237 e. The number of hydrogen-bond acceptors (Lipinski definition) is 3. The van der Waals surface area contributed by atoms with Gasteiger partial charge < -0.3 is 16.2 Å². The largest absolute Gasteiger partial charge is 0.394 e. The number of nitrogens with one attached hydrogen (secondary N) is 1. The number of benzene rings is 1. The van der Waals surface area contributed by atoms with E-state index in [1.165, 1.54) is 0 Å². The summed E-state index contributed by atoms with van der Waals surface area (Å²) in [6.45, 7) is 3.64. The van der Waals surface area contributed by atoms with Crippen molar-refractivity contribution < 1.29 is 9.90 Å². The summed E-state index contributed by atoms with van der Waals surface area (Å²) >= 11 is 0. The Kier molecular flexibility index (Phi) is 7.59. The van der Waals surface area contributed by atoms with Crippen molar-refractivity contribution in [3.8, 4) is 0 Å². The van der Waals surface area contributed by atoms with E-state index in [0.29, 0.717) is 0 Å². The van der Waals surface area contributed by atoms with Crippen LogP contribution in [0.3, 0.4) is 0 Å². The van der Waals surface area contributed by atoms with Crippen LogP contribution in [-0.4, -0.2) is 23.7 Å². The lowest BCUT2D eigenvalue weighted by molar-refractivity contribution is -0.124. The van der Waals surface area contributed by atoms with Gasteiger partial charge in [-0.1, -0.05) is 44.2 Å². The monoisotopic (exact) mass is 272 g/mol. The number of carbonyl (C=O) groups is 1. The lowest BCUT2D eigenvalue weighted by Crippen LogP contribution is -2.45. The third-order valence-corrected chi connectivity index (χ3v) is 2.72. The summed E-state index contributed by atoms with van der Waals surface area (Å²) in [5.74, 6) is -0.159. The second-order valence-electron chi connectivity index (χ2n) is 4.42. The van der Waals surface area contributed by atoms with Gasteiger partial charge in [-0.15, -0.1) is 12.4 Å². The maximum Gasteiger partial charge on any atom is 0.237 e. The van der Waals surface area contributed by atoms with Gasteiger partial charge in [0.1, 0.15) is 0 Å². The predicted octanol–water partition coefficient (Wildman–Crippen LogP) is 1.24. The third-order valence-electron chi connectivity index (χ3n) is 2.72. The van der Waals surface area contributed by atoms with Crippen LogP contribution in [0.2, 0.25) is 0 Å². The van der Waals surface area contributed by atoms with E-state index in [-0.39, 0.29) is 30.8 Å². The highest BCUT2D eigenvalue weighted by Gasteiger charge is 2.20. The molecule has 18 heavy (non-hydrogen) atoms. The molecule has 0 aliphatic rings. The Bertz CT molecular complexity index is 357. The van der Waals surface area contributed by atoms with Gasteiger partial charge in [-0.3, -0.25) is 4.79 Å². The summed E-state index contributed by atoms with van der Waals surface area (Å²) in [5, 5.41) is 12.0. The minimum Gasteiger partial charge on any atom is -0.394 e. The molecule has 1 rings (SSSR count). The number of halogens is 1. The first-order valence-corrected chi connectivity index (χ1v) is 5.78. The zero-order chi connectivity index (χ0) is 12.8. The van der Waals surface area contributed by atoms with E-state index in [1.807, 2.05) is 44.2 Å². The Hall–Kier alpha value is -1.10. The highest BCUT2D eigenvalue weighted by molar-refractivity contribution is 5.85. The number of rotatable bonds is 5. The van der Waals surface area contributed by atoms with E-state index < -0.39 is 12.1 Å². The molecular weight excluding hydrogens is 252 g/mol. The van der Waals surface area contributed by atoms with E-state index in [2.05, 4.69) is 5.32 Å². The third kappa shape index (κ3) is 4.64. The first-order chi connectivity index (χ1) is 8.06. The second kappa shape index (κ2) is 8.08. The molecule has 0 spiro atoms. The van der Waals surface area contributed by atoms with Crippen LogP contribution in [0.15, 0.2) is 30.3 Å². The number of aliphatic hydroxyl groups excluding tert-OH is 1. The number of amides is 1. The van der Waals surface area contributed by atoms with Crippen LogP contribution >= 0.6 is 12.4 Å². The zero-order valence-corrected chi connectivity index (χ0v) is 11.5. The zero-order valence-electron chi connectivity index (χ0n) is 10.7. The van der Waals surface area contributed by atoms with Gasteiger partial charge in [-0.25, -0.2) is 0 Å². The molecule has 0 saturated carbocycles. The summed E-state index contributed by atoms with van der Waals surface area (Å²) in [6.07, 6.45) is 0. The second-order valence-corrected chi connectivity index (χ2v) is 4.42. The topological polar surface area (TPSA) is 75.4 Å². The van der Waals surface area contributed by atoms with Crippen LogP contribution in [0.1, 0.15) is 25.5 Å². The predicted molar refractivity (Wildman–Crippen MR) is 74.5 cm³/mol. The highest BCUT2D eigenvalue weighted by Crippen LogP contribution is 2.12. The molecule has 5 heteroatoms. The van der Waals surface area contributed by atoms with Gasteiger partial charge in [-0.05, 0) is 11.5 Å². The minimum absolute atomic E-state index is 0. The van der Waals surface area contributed by atoms with E-state index in [0.717, 1.165) is 5.56 Å². The molecule has 0 unspecified atom stereocenters.